The van der Waals surface area contributed by atoms with Crippen LogP contribution in [0.3, 0.4) is 0 Å². The van der Waals surface area contributed by atoms with E-state index in [1.807, 2.05) is 13.8 Å². The molecule has 1 saturated heterocycles. The van der Waals surface area contributed by atoms with Gasteiger partial charge in [-0.05, 0) is 13.3 Å². The van der Waals surface area contributed by atoms with E-state index >= 15 is 0 Å². The monoisotopic (exact) mass is 280 g/mol. The molecule has 1 amide bonds. The summed E-state index contributed by atoms with van der Waals surface area (Å²) in [4.78, 5) is 24.8. The summed E-state index contributed by atoms with van der Waals surface area (Å²) in [6.07, 6.45) is 2.27. The van der Waals surface area contributed by atoms with Crippen LogP contribution in [0.1, 0.15) is 30.8 Å². The van der Waals surface area contributed by atoms with Gasteiger partial charge in [0.25, 0.3) is 11.6 Å². The SMILES string of the molecule is CCCn1cc([N+](=O)[O-])cc1C(=O)N1CCNC[C@H]1C. The smallest absolute Gasteiger partial charge is 0.287 e. The second kappa shape index (κ2) is 6.04. The lowest BCUT2D eigenvalue weighted by molar-refractivity contribution is -0.384. The van der Waals surface area contributed by atoms with E-state index in [1.54, 1.807) is 9.47 Å². The van der Waals surface area contributed by atoms with E-state index in [1.165, 1.54) is 12.3 Å². The summed E-state index contributed by atoms with van der Waals surface area (Å²) in [7, 11) is 0. The Labute approximate surface area is 117 Å². The average Bonchev–Trinajstić information content (AvgIpc) is 2.83. The van der Waals surface area contributed by atoms with Gasteiger partial charge in [-0.25, -0.2) is 0 Å². The van der Waals surface area contributed by atoms with Gasteiger partial charge in [-0.3, -0.25) is 14.9 Å². The van der Waals surface area contributed by atoms with Crippen LogP contribution in [-0.4, -0.2) is 46.0 Å². The van der Waals surface area contributed by atoms with Crippen LogP contribution in [-0.2, 0) is 6.54 Å². The van der Waals surface area contributed by atoms with E-state index in [4.69, 9.17) is 0 Å². The van der Waals surface area contributed by atoms with Crippen molar-refractivity contribution in [2.24, 2.45) is 0 Å². The Hall–Kier alpha value is -1.89. The van der Waals surface area contributed by atoms with Gasteiger partial charge >= 0.3 is 0 Å². The Kier molecular flexibility index (Phi) is 4.39. The Morgan fingerprint density at radius 1 is 1.60 bits per heavy atom. The third-order valence-corrected chi connectivity index (χ3v) is 3.54. The molecule has 1 aromatic heterocycles. The highest BCUT2D eigenvalue weighted by molar-refractivity contribution is 5.94. The maximum Gasteiger partial charge on any atom is 0.287 e. The molecule has 0 aliphatic carbocycles. The first-order valence-electron chi connectivity index (χ1n) is 6.90. The summed E-state index contributed by atoms with van der Waals surface area (Å²) in [6.45, 7) is 6.70. The first-order valence-corrected chi connectivity index (χ1v) is 6.90. The molecule has 1 aromatic rings. The van der Waals surface area contributed by atoms with Gasteiger partial charge in [0, 0.05) is 38.3 Å². The second-order valence-corrected chi connectivity index (χ2v) is 5.09. The topological polar surface area (TPSA) is 80.4 Å². The second-order valence-electron chi connectivity index (χ2n) is 5.09. The number of aromatic nitrogens is 1. The normalized spacial score (nSPS) is 19.1. The summed E-state index contributed by atoms with van der Waals surface area (Å²) in [5, 5.41) is 14.1. The maximum absolute atomic E-state index is 12.6. The molecule has 0 unspecified atom stereocenters. The third-order valence-electron chi connectivity index (χ3n) is 3.54. The number of nitrogens with one attached hydrogen (secondary N) is 1. The molecule has 1 aliphatic rings. The number of hydrogen-bond donors (Lipinski definition) is 1. The average molecular weight is 280 g/mol. The van der Waals surface area contributed by atoms with E-state index in [9.17, 15) is 14.9 Å². The van der Waals surface area contributed by atoms with E-state index in [0.717, 1.165) is 19.5 Å². The molecular formula is C13H20N4O3. The summed E-state index contributed by atoms with van der Waals surface area (Å²) in [6, 6.07) is 1.48. The molecule has 20 heavy (non-hydrogen) atoms. The molecule has 110 valence electrons. The molecule has 0 radical (unpaired) electrons. The molecule has 0 aromatic carbocycles. The summed E-state index contributed by atoms with van der Waals surface area (Å²) in [5.41, 5.74) is 0.386. The Morgan fingerprint density at radius 3 is 2.95 bits per heavy atom. The van der Waals surface area contributed by atoms with Crippen molar-refractivity contribution >= 4 is 11.6 Å². The van der Waals surface area contributed by atoms with Gasteiger partial charge in [-0.15, -0.1) is 0 Å². The number of nitrogens with zero attached hydrogens (tertiary/aromatic N) is 3. The molecule has 7 heteroatoms. The van der Waals surface area contributed by atoms with Crippen LogP contribution in [0, 0.1) is 10.1 Å². The fraction of sp³-hybridized carbons (Fsp3) is 0.615. The van der Waals surface area contributed by atoms with Crippen molar-refractivity contribution in [2.45, 2.75) is 32.9 Å². The van der Waals surface area contributed by atoms with Gasteiger partial charge in [0.15, 0.2) is 0 Å². The quantitative estimate of drug-likeness (QED) is 0.664. The summed E-state index contributed by atoms with van der Waals surface area (Å²) < 4.78 is 1.69. The van der Waals surface area contributed by atoms with E-state index < -0.39 is 4.92 Å². The minimum atomic E-state index is -0.454. The van der Waals surface area contributed by atoms with Gasteiger partial charge in [0.05, 0.1) is 11.1 Å². The van der Waals surface area contributed by atoms with Crippen LogP contribution < -0.4 is 5.32 Å². The van der Waals surface area contributed by atoms with Crippen LogP contribution in [0.15, 0.2) is 12.3 Å². The maximum atomic E-state index is 12.6. The minimum Gasteiger partial charge on any atom is -0.337 e. The lowest BCUT2D eigenvalue weighted by atomic mass is 10.2. The highest BCUT2D eigenvalue weighted by atomic mass is 16.6. The van der Waals surface area contributed by atoms with Crippen molar-refractivity contribution in [3.8, 4) is 0 Å². The van der Waals surface area contributed by atoms with Gasteiger partial charge < -0.3 is 14.8 Å². The Morgan fingerprint density at radius 2 is 2.35 bits per heavy atom. The largest absolute Gasteiger partial charge is 0.337 e. The third kappa shape index (κ3) is 2.82. The molecule has 2 heterocycles. The molecule has 1 N–H and O–H groups in total. The van der Waals surface area contributed by atoms with Crippen molar-refractivity contribution in [1.29, 1.82) is 0 Å². The van der Waals surface area contributed by atoms with E-state index in [-0.39, 0.29) is 17.6 Å². The van der Waals surface area contributed by atoms with Gasteiger partial charge in [0.2, 0.25) is 0 Å². The first-order chi connectivity index (χ1) is 9.54. The number of nitro groups is 1. The molecule has 2 rings (SSSR count). The first kappa shape index (κ1) is 14.5. The highest BCUT2D eigenvalue weighted by Crippen LogP contribution is 2.20. The fourth-order valence-electron chi connectivity index (χ4n) is 2.49. The molecule has 1 aliphatic heterocycles. The van der Waals surface area contributed by atoms with Crippen LogP contribution in [0.2, 0.25) is 0 Å². The lowest BCUT2D eigenvalue weighted by Crippen LogP contribution is -2.52. The van der Waals surface area contributed by atoms with Crippen molar-refractivity contribution in [1.82, 2.24) is 14.8 Å². The molecule has 7 nitrogen and oxygen atoms in total. The molecule has 0 spiro atoms. The zero-order chi connectivity index (χ0) is 14.7. The highest BCUT2D eigenvalue weighted by Gasteiger charge is 2.28. The summed E-state index contributed by atoms with van der Waals surface area (Å²) in [5.74, 6) is -0.124. The molecule has 1 atom stereocenters. The van der Waals surface area contributed by atoms with Crippen molar-refractivity contribution < 1.29 is 9.72 Å². The number of hydrogen-bond acceptors (Lipinski definition) is 4. The van der Waals surface area contributed by atoms with Crippen LogP contribution >= 0.6 is 0 Å². The number of amides is 1. The zero-order valence-corrected chi connectivity index (χ0v) is 11.8. The fourth-order valence-corrected chi connectivity index (χ4v) is 2.49. The number of piperazine rings is 1. The van der Waals surface area contributed by atoms with Gasteiger partial charge in [-0.1, -0.05) is 6.92 Å². The predicted molar refractivity (Wildman–Crippen MR) is 74.7 cm³/mol. The Balaban J connectivity index is 2.29. The van der Waals surface area contributed by atoms with Crippen LogP contribution in [0.4, 0.5) is 5.69 Å². The zero-order valence-electron chi connectivity index (χ0n) is 11.8. The molecule has 1 fully saturated rings. The number of carbonyl (C=O) groups is 1. The van der Waals surface area contributed by atoms with Crippen molar-refractivity contribution in [3.05, 3.63) is 28.1 Å². The van der Waals surface area contributed by atoms with E-state index in [0.29, 0.717) is 18.8 Å². The molecule has 0 bridgehead atoms. The minimum absolute atomic E-state index is 0.0235. The van der Waals surface area contributed by atoms with E-state index in [2.05, 4.69) is 5.32 Å². The van der Waals surface area contributed by atoms with Crippen molar-refractivity contribution in [2.75, 3.05) is 19.6 Å². The van der Waals surface area contributed by atoms with Crippen molar-refractivity contribution in [3.63, 3.8) is 0 Å². The van der Waals surface area contributed by atoms with Gasteiger partial charge in [-0.2, -0.15) is 0 Å². The number of aryl methyl sites for hydroxylation is 1. The predicted octanol–water partition coefficient (Wildman–Crippen LogP) is 1.24. The van der Waals surface area contributed by atoms with Gasteiger partial charge in [0.1, 0.15) is 5.69 Å². The summed E-state index contributed by atoms with van der Waals surface area (Å²) >= 11 is 0. The standard InChI is InChI=1S/C13H20N4O3/c1-3-5-15-9-11(17(19)20)7-12(15)13(18)16-6-4-14-8-10(16)2/h7,9-10,14H,3-6,8H2,1-2H3/t10-/m1/s1. The Bertz CT molecular complexity index is 512. The van der Waals surface area contributed by atoms with Crippen LogP contribution in [0.5, 0.6) is 0 Å². The number of carbonyl (C=O) groups excluding carboxylic acids is 1. The number of rotatable bonds is 4. The lowest BCUT2D eigenvalue weighted by Gasteiger charge is -2.34. The molecule has 0 saturated carbocycles. The van der Waals surface area contributed by atoms with Crippen LogP contribution in [0.25, 0.3) is 0 Å². The molecular weight excluding hydrogens is 260 g/mol.